The van der Waals surface area contributed by atoms with Crippen LogP contribution in [0.25, 0.3) is 0 Å². The number of ether oxygens (including phenoxy) is 2. The topological polar surface area (TPSA) is 30.5 Å². The summed E-state index contributed by atoms with van der Waals surface area (Å²) in [7, 11) is 1.70. The average molecular weight is 263 g/mol. The Morgan fingerprint density at radius 1 is 1.26 bits per heavy atom. The van der Waals surface area contributed by atoms with Gasteiger partial charge in [-0.15, -0.1) is 0 Å². The first-order chi connectivity index (χ1) is 9.33. The molecule has 0 saturated heterocycles. The van der Waals surface area contributed by atoms with Gasteiger partial charge in [0.15, 0.2) is 0 Å². The maximum absolute atomic E-state index is 5.83. The van der Waals surface area contributed by atoms with Gasteiger partial charge >= 0.3 is 0 Å². The molecule has 1 aliphatic rings. The molecule has 0 spiro atoms. The molecule has 19 heavy (non-hydrogen) atoms. The van der Waals surface area contributed by atoms with Crippen molar-refractivity contribution in [3.8, 4) is 5.75 Å². The fraction of sp³-hybridized carbons (Fsp3) is 0.625. The predicted molar refractivity (Wildman–Crippen MR) is 77.6 cm³/mol. The number of rotatable bonds is 9. The van der Waals surface area contributed by atoms with Crippen LogP contribution in [0.3, 0.4) is 0 Å². The van der Waals surface area contributed by atoms with Crippen LogP contribution in [0, 0.1) is 5.92 Å². The molecule has 0 amide bonds. The number of benzene rings is 1. The van der Waals surface area contributed by atoms with Gasteiger partial charge in [-0.1, -0.05) is 19.1 Å². The second-order valence-electron chi connectivity index (χ2n) is 5.26. The zero-order chi connectivity index (χ0) is 13.5. The van der Waals surface area contributed by atoms with Crippen molar-refractivity contribution in [3.63, 3.8) is 0 Å². The van der Waals surface area contributed by atoms with E-state index in [1.807, 2.05) is 12.1 Å². The van der Waals surface area contributed by atoms with Crippen LogP contribution in [0.2, 0.25) is 0 Å². The number of nitrogens with one attached hydrogen (secondary N) is 1. The molecule has 1 N–H and O–H groups in total. The minimum atomic E-state index is 0.282. The average Bonchev–Trinajstić information content (AvgIpc) is 3.27. The van der Waals surface area contributed by atoms with Crippen LogP contribution in [-0.4, -0.2) is 26.9 Å². The van der Waals surface area contributed by atoms with Gasteiger partial charge in [0.1, 0.15) is 5.75 Å². The van der Waals surface area contributed by atoms with Gasteiger partial charge in [0.05, 0.1) is 19.8 Å². The Labute approximate surface area is 116 Å². The minimum absolute atomic E-state index is 0.282. The van der Waals surface area contributed by atoms with Gasteiger partial charge in [0.25, 0.3) is 0 Å². The lowest BCUT2D eigenvalue weighted by atomic mass is 10.1. The number of methoxy groups -OCH3 is 1. The van der Waals surface area contributed by atoms with Crippen LogP contribution < -0.4 is 10.1 Å². The fourth-order valence-electron chi connectivity index (χ4n) is 2.06. The third kappa shape index (κ3) is 4.84. The van der Waals surface area contributed by atoms with Crippen molar-refractivity contribution < 1.29 is 9.47 Å². The molecule has 2 rings (SSSR count). The van der Waals surface area contributed by atoms with Gasteiger partial charge in [0, 0.05) is 6.61 Å². The summed E-state index contributed by atoms with van der Waals surface area (Å²) >= 11 is 0. The molecule has 0 bridgehead atoms. The summed E-state index contributed by atoms with van der Waals surface area (Å²) in [5.41, 5.74) is 1.27. The third-order valence-electron chi connectivity index (χ3n) is 3.49. The van der Waals surface area contributed by atoms with E-state index in [9.17, 15) is 0 Å². The van der Waals surface area contributed by atoms with Gasteiger partial charge in [-0.3, -0.25) is 0 Å². The zero-order valence-corrected chi connectivity index (χ0v) is 12.0. The van der Waals surface area contributed by atoms with E-state index in [2.05, 4.69) is 24.4 Å². The third-order valence-corrected chi connectivity index (χ3v) is 3.49. The number of hydrogen-bond donors (Lipinski definition) is 1. The van der Waals surface area contributed by atoms with Crippen molar-refractivity contribution >= 4 is 0 Å². The van der Waals surface area contributed by atoms with E-state index >= 15 is 0 Å². The van der Waals surface area contributed by atoms with Crippen LogP contribution >= 0.6 is 0 Å². The first-order valence-electron chi connectivity index (χ1n) is 7.28. The molecule has 0 aromatic heterocycles. The van der Waals surface area contributed by atoms with Crippen LogP contribution in [-0.2, 0) is 4.74 Å². The summed E-state index contributed by atoms with van der Waals surface area (Å²) in [5.74, 6) is 1.72. The van der Waals surface area contributed by atoms with Gasteiger partial charge in [0.2, 0.25) is 0 Å². The quantitative estimate of drug-likeness (QED) is 0.742. The van der Waals surface area contributed by atoms with Crippen LogP contribution in [0.1, 0.15) is 37.8 Å². The van der Waals surface area contributed by atoms with Crippen molar-refractivity contribution in [2.24, 2.45) is 5.92 Å². The molecule has 0 radical (unpaired) electrons. The van der Waals surface area contributed by atoms with Gasteiger partial charge in [-0.05, 0) is 49.4 Å². The molecule has 1 saturated carbocycles. The maximum Gasteiger partial charge on any atom is 0.118 e. The Morgan fingerprint density at radius 2 is 2.00 bits per heavy atom. The molecule has 1 aromatic rings. The normalized spacial score (nSPS) is 16.3. The summed E-state index contributed by atoms with van der Waals surface area (Å²) in [4.78, 5) is 0. The molecule has 1 fully saturated rings. The Hall–Kier alpha value is -1.06. The molecule has 1 unspecified atom stereocenters. The molecular formula is C16H25NO2. The summed E-state index contributed by atoms with van der Waals surface area (Å²) in [5, 5.41) is 3.55. The molecule has 1 atom stereocenters. The summed E-state index contributed by atoms with van der Waals surface area (Å²) in [6.07, 6.45) is 3.82. The molecule has 106 valence electrons. The van der Waals surface area contributed by atoms with Crippen LogP contribution in [0.5, 0.6) is 5.75 Å². The van der Waals surface area contributed by atoms with E-state index in [1.54, 1.807) is 7.11 Å². The van der Waals surface area contributed by atoms with Crippen molar-refractivity contribution in [2.75, 3.05) is 26.9 Å². The first kappa shape index (κ1) is 14.4. The van der Waals surface area contributed by atoms with Crippen molar-refractivity contribution in [2.45, 2.75) is 32.2 Å². The van der Waals surface area contributed by atoms with Crippen molar-refractivity contribution in [1.29, 1.82) is 0 Å². The monoisotopic (exact) mass is 263 g/mol. The van der Waals surface area contributed by atoms with Gasteiger partial charge in [-0.25, -0.2) is 0 Å². The summed E-state index contributed by atoms with van der Waals surface area (Å²) in [6, 6.07) is 8.54. The molecular weight excluding hydrogens is 238 g/mol. The first-order valence-corrected chi connectivity index (χ1v) is 7.28. The van der Waals surface area contributed by atoms with Gasteiger partial charge in [-0.2, -0.15) is 0 Å². The standard InChI is InChI=1S/C16H25NO2/c1-3-10-17-16(12-19-11-13-4-5-13)14-6-8-15(18-2)9-7-14/h6-9,13,16-17H,3-5,10-12H2,1-2H3. The van der Waals surface area contributed by atoms with Crippen molar-refractivity contribution in [1.82, 2.24) is 5.32 Å². The molecule has 3 heteroatoms. The highest BCUT2D eigenvalue weighted by Gasteiger charge is 2.22. The van der Waals surface area contributed by atoms with E-state index < -0.39 is 0 Å². The highest BCUT2D eigenvalue weighted by atomic mass is 16.5. The second-order valence-corrected chi connectivity index (χ2v) is 5.26. The van der Waals surface area contributed by atoms with E-state index in [0.717, 1.165) is 37.8 Å². The molecule has 1 aromatic carbocycles. The van der Waals surface area contributed by atoms with Crippen LogP contribution in [0.15, 0.2) is 24.3 Å². The molecule has 0 heterocycles. The Kier molecular flexibility index (Phi) is 5.67. The van der Waals surface area contributed by atoms with Crippen molar-refractivity contribution in [3.05, 3.63) is 29.8 Å². The molecule has 0 aliphatic heterocycles. The van der Waals surface area contributed by atoms with E-state index in [0.29, 0.717) is 0 Å². The fourth-order valence-corrected chi connectivity index (χ4v) is 2.06. The largest absolute Gasteiger partial charge is 0.497 e. The molecule has 3 nitrogen and oxygen atoms in total. The Morgan fingerprint density at radius 3 is 2.58 bits per heavy atom. The maximum atomic E-state index is 5.83. The zero-order valence-electron chi connectivity index (χ0n) is 12.0. The summed E-state index contributed by atoms with van der Waals surface area (Å²) < 4.78 is 11.0. The second kappa shape index (κ2) is 7.51. The van der Waals surface area contributed by atoms with Gasteiger partial charge < -0.3 is 14.8 Å². The Bertz CT molecular complexity index is 360. The summed E-state index contributed by atoms with van der Waals surface area (Å²) in [6.45, 7) is 4.87. The smallest absolute Gasteiger partial charge is 0.118 e. The van der Waals surface area contributed by atoms with E-state index in [-0.39, 0.29) is 6.04 Å². The predicted octanol–water partition coefficient (Wildman–Crippen LogP) is 3.16. The number of hydrogen-bond acceptors (Lipinski definition) is 3. The lowest BCUT2D eigenvalue weighted by molar-refractivity contribution is 0.103. The highest BCUT2D eigenvalue weighted by molar-refractivity contribution is 5.29. The SMILES string of the molecule is CCCNC(COCC1CC1)c1ccc(OC)cc1. The lowest BCUT2D eigenvalue weighted by Crippen LogP contribution is -2.26. The van der Waals surface area contributed by atoms with E-state index in [1.165, 1.54) is 18.4 Å². The Balaban J connectivity index is 1.88. The minimum Gasteiger partial charge on any atom is -0.497 e. The highest BCUT2D eigenvalue weighted by Crippen LogP contribution is 2.29. The molecule has 1 aliphatic carbocycles. The van der Waals surface area contributed by atoms with E-state index in [4.69, 9.17) is 9.47 Å². The lowest BCUT2D eigenvalue weighted by Gasteiger charge is -2.19. The van der Waals surface area contributed by atoms with Crippen LogP contribution in [0.4, 0.5) is 0 Å².